The molecule has 0 saturated heterocycles. The molecule has 182 valence electrons. The van der Waals surface area contributed by atoms with Crippen molar-refractivity contribution >= 4 is 28.7 Å². The minimum absolute atomic E-state index is 0.00242. The molecule has 0 aliphatic carbocycles. The van der Waals surface area contributed by atoms with Crippen molar-refractivity contribution in [2.45, 2.75) is 58.9 Å². The van der Waals surface area contributed by atoms with E-state index in [1.807, 2.05) is 13.8 Å². The zero-order chi connectivity index (χ0) is 24.7. The zero-order valence-electron chi connectivity index (χ0n) is 19.5. The lowest BCUT2D eigenvalue weighted by molar-refractivity contribution is -0.118. The van der Waals surface area contributed by atoms with Crippen LogP contribution in [-0.2, 0) is 17.8 Å². The number of nitrogens with two attached hydrogens (primary N) is 1. The van der Waals surface area contributed by atoms with E-state index in [-0.39, 0.29) is 29.7 Å². The summed E-state index contributed by atoms with van der Waals surface area (Å²) in [5, 5.41) is 2.35. The Kier molecular flexibility index (Phi) is 8.75. The quantitative estimate of drug-likeness (QED) is 0.398. The number of unbranched alkanes of at least 4 members (excludes halogenated alkanes) is 3. The van der Waals surface area contributed by atoms with Gasteiger partial charge in [-0.2, -0.15) is 0 Å². The van der Waals surface area contributed by atoms with Crippen LogP contribution in [0.5, 0.6) is 0 Å². The van der Waals surface area contributed by atoms with Crippen LogP contribution >= 0.6 is 11.3 Å². The highest BCUT2D eigenvalue weighted by molar-refractivity contribution is 7.13. The fourth-order valence-electron chi connectivity index (χ4n) is 3.65. The Hall–Kier alpha value is -3.27. The Morgan fingerprint density at radius 2 is 1.97 bits per heavy atom. The number of aromatic amines is 1. The molecule has 0 unspecified atom stereocenters. The first-order chi connectivity index (χ1) is 16.3. The van der Waals surface area contributed by atoms with Gasteiger partial charge in [-0.3, -0.25) is 19.1 Å². The molecule has 3 aromatic rings. The van der Waals surface area contributed by atoms with Gasteiger partial charge in [0.15, 0.2) is 5.69 Å². The SMILES string of the molecule is CCCCCN(C(=O)Cc1csc(-c2cccc(F)c2)n1)c1c(N)n(CCCC)c(=O)[nH]c1=O. The molecular weight excluding hydrogens is 457 g/mol. The fourth-order valence-corrected chi connectivity index (χ4v) is 4.47. The average Bonchev–Trinajstić information content (AvgIpc) is 3.26. The minimum atomic E-state index is -0.682. The van der Waals surface area contributed by atoms with E-state index in [9.17, 15) is 18.8 Å². The number of carbonyl (C=O) groups is 1. The maximum absolute atomic E-state index is 13.6. The smallest absolute Gasteiger partial charge is 0.330 e. The number of rotatable bonds is 11. The number of amides is 1. The third kappa shape index (κ3) is 5.99. The van der Waals surface area contributed by atoms with Gasteiger partial charge in [0.05, 0.1) is 12.1 Å². The molecule has 10 heteroatoms. The number of carbonyl (C=O) groups excluding carboxylic acids is 1. The summed E-state index contributed by atoms with van der Waals surface area (Å²) in [6, 6.07) is 6.11. The van der Waals surface area contributed by atoms with E-state index >= 15 is 0 Å². The molecule has 1 aromatic carbocycles. The molecule has 1 amide bonds. The number of benzene rings is 1. The van der Waals surface area contributed by atoms with E-state index in [1.165, 1.54) is 32.9 Å². The van der Waals surface area contributed by atoms with Gasteiger partial charge in [0.1, 0.15) is 16.6 Å². The summed E-state index contributed by atoms with van der Waals surface area (Å²) < 4.78 is 14.9. The number of nitrogens with one attached hydrogen (secondary N) is 1. The van der Waals surface area contributed by atoms with Crippen LogP contribution in [-0.4, -0.2) is 27.0 Å². The topological polar surface area (TPSA) is 114 Å². The van der Waals surface area contributed by atoms with Crippen LogP contribution in [0.3, 0.4) is 0 Å². The van der Waals surface area contributed by atoms with Gasteiger partial charge >= 0.3 is 5.69 Å². The van der Waals surface area contributed by atoms with Crippen LogP contribution in [0.4, 0.5) is 15.9 Å². The number of thiazole rings is 1. The predicted octanol–water partition coefficient (Wildman–Crippen LogP) is 3.95. The highest BCUT2D eigenvalue weighted by Crippen LogP contribution is 2.25. The van der Waals surface area contributed by atoms with Crippen molar-refractivity contribution in [2.24, 2.45) is 0 Å². The summed E-state index contributed by atoms with van der Waals surface area (Å²) >= 11 is 1.32. The lowest BCUT2D eigenvalue weighted by Gasteiger charge is -2.24. The van der Waals surface area contributed by atoms with Crippen LogP contribution in [0.2, 0.25) is 0 Å². The molecule has 0 fully saturated rings. The van der Waals surface area contributed by atoms with Crippen molar-refractivity contribution in [1.82, 2.24) is 14.5 Å². The molecule has 0 radical (unpaired) electrons. The Balaban J connectivity index is 1.92. The monoisotopic (exact) mass is 487 g/mol. The summed E-state index contributed by atoms with van der Waals surface area (Å²) in [4.78, 5) is 46.6. The largest absolute Gasteiger partial charge is 0.383 e. The second-order valence-electron chi connectivity index (χ2n) is 8.08. The van der Waals surface area contributed by atoms with Gasteiger partial charge in [0, 0.05) is 24.0 Å². The van der Waals surface area contributed by atoms with E-state index in [1.54, 1.807) is 17.5 Å². The zero-order valence-corrected chi connectivity index (χ0v) is 20.3. The second-order valence-corrected chi connectivity index (χ2v) is 8.94. The highest BCUT2D eigenvalue weighted by atomic mass is 32.1. The Morgan fingerprint density at radius 1 is 1.21 bits per heavy atom. The molecule has 0 bridgehead atoms. The third-order valence-electron chi connectivity index (χ3n) is 5.46. The first-order valence-electron chi connectivity index (χ1n) is 11.5. The van der Waals surface area contributed by atoms with E-state index < -0.39 is 11.2 Å². The lowest BCUT2D eigenvalue weighted by atomic mass is 10.2. The summed E-state index contributed by atoms with van der Waals surface area (Å²) in [5.74, 6) is -0.712. The molecule has 0 aliphatic heterocycles. The van der Waals surface area contributed by atoms with E-state index in [2.05, 4.69) is 9.97 Å². The van der Waals surface area contributed by atoms with Crippen molar-refractivity contribution in [3.05, 3.63) is 62.0 Å². The molecule has 3 N–H and O–H groups in total. The summed E-state index contributed by atoms with van der Waals surface area (Å²) in [6.45, 7) is 4.68. The number of hydrogen-bond donors (Lipinski definition) is 2. The van der Waals surface area contributed by atoms with Crippen molar-refractivity contribution in [2.75, 3.05) is 17.2 Å². The second kappa shape index (κ2) is 11.7. The molecule has 0 saturated carbocycles. The van der Waals surface area contributed by atoms with E-state index in [0.29, 0.717) is 42.2 Å². The standard InChI is InChI=1S/C24H30FN5O3S/c1-3-5-7-12-29(20-21(26)30(11-6-4-2)24(33)28-22(20)32)19(31)14-18-15-34-23(27-18)16-9-8-10-17(25)13-16/h8-10,13,15H,3-7,11-12,14,26H2,1-2H3,(H,28,32,33). The lowest BCUT2D eigenvalue weighted by Crippen LogP contribution is -2.42. The minimum Gasteiger partial charge on any atom is -0.383 e. The predicted molar refractivity (Wildman–Crippen MR) is 134 cm³/mol. The van der Waals surface area contributed by atoms with E-state index in [4.69, 9.17) is 5.73 Å². The van der Waals surface area contributed by atoms with Crippen LogP contribution in [0.15, 0.2) is 39.2 Å². The van der Waals surface area contributed by atoms with Crippen LogP contribution in [0.1, 0.15) is 51.6 Å². The molecule has 0 spiro atoms. The van der Waals surface area contributed by atoms with Gasteiger partial charge in [-0.1, -0.05) is 45.2 Å². The number of anilines is 2. The normalized spacial score (nSPS) is 11.0. The van der Waals surface area contributed by atoms with Crippen molar-refractivity contribution in [3.63, 3.8) is 0 Å². The molecule has 2 aromatic heterocycles. The van der Waals surface area contributed by atoms with Gasteiger partial charge in [-0.25, -0.2) is 14.2 Å². The van der Waals surface area contributed by atoms with Gasteiger partial charge in [0.25, 0.3) is 5.56 Å². The number of hydrogen-bond acceptors (Lipinski definition) is 6. The van der Waals surface area contributed by atoms with Gasteiger partial charge in [0.2, 0.25) is 5.91 Å². The summed E-state index contributed by atoms with van der Waals surface area (Å²) in [5.41, 5.74) is 6.14. The van der Waals surface area contributed by atoms with Crippen LogP contribution < -0.4 is 21.9 Å². The molecule has 0 aliphatic rings. The maximum atomic E-state index is 13.6. The number of H-pyrrole nitrogens is 1. The van der Waals surface area contributed by atoms with Gasteiger partial charge < -0.3 is 10.6 Å². The Labute approximate surface area is 201 Å². The number of aromatic nitrogens is 3. The van der Waals surface area contributed by atoms with E-state index in [0.717, 1.165) is 19.3 Å². The Morgan fingerprint density at radius 3 is 2.68 bits per heavy atom. The number of nitrogens with zero attached hydrogens (tertiary/aromatic N) is 3. The van der Waals surface area contributed by atoms with Gasteiger partial charge in [-0.05, 0) is 25.0 Å². The molecule has 2 heterocycles. The number of nitrogen functional groups attached to an aromatic ring is 1. The van der Waals surface area contributed by atoms with Crippen LogP contribution in [0.25, 0.3) is 10.6 Å². The third-order valence-corrected chi connectivity index (χ3v) is 6.40. The molecular formula is C24H30FN5O3S. The molecule has 0 atom stereocenters. The highest BCUT2D eigenvalue weighted by Gasteiger charge is 2.25. The van der Waals surface area contributed by atoms with Crippen molar-refractivity contribution < 1.29 is 9.18 Å². The van der Waals surface area contributed by atoms with Crippen molar-refractivity contribution in [3.8, 4) is 10.6 Å². The summed E-state index contributed by atoms with van der Waals surface area (Å²) in [6.07, 6.45) is 3.99. The average molecular weight is 488 g/mol. The first-order valence-corrected chi connectivity index (χ1v) is 12.4. The number of halogens is 1. The van der Waals surface area contributed by atoms with Gasteiger partial charge in [-0.15, -0.1) is 11.3 Å². The maximum Gasteiger partial charge on any atom is 0.330 e. The summed E-state index contributed by atoms with van der Waals surface area (Å²) in [7, 11) is 0. The van der Waals surface area contributed by atoms with Crippen molar-refractivity contribution in [1.29, 1.82) is 0 Å². The molecule has 8 nitrogen and oxygen atoms in total. The Bertz CT molecular complexity index is 1250. The van der Waals surface area contributed by atoms with Crippen LogP contribution in [0, 0.1) is 5.82 Å². The molecule has 3 rings (SSSR count). The molecule has 34 heavy (non-hydrogen) atoms. The fraction of sp³-hybridized carbons (Fsp3) is 0.417. The first kappa shape index (κ1) is 25.4.